The maximum absolute atomic E-state index is 5.52. The summed E-state index contributed by atoms with van der Waals surface area (Å²) in [6, 6.07) is 12.3. The highest BCUT2D eigenvalue weighted by Crippen LogP contribution is 2.20. The molecule has 0 unspecified atom stereocenters. The van der Waals surface area contributed by atoms with E-state index >= 15 is 0 Å². The quantitative estimate of drug-likeness (QED) is 0.619. The van der Waals surface area contributed by atoms with Crippen LogP contribution in [-0.2, 0) is 0 Å². The average Bonchev–Trinajstić information content (AvgIpc) is 3.23. The fourth-order valence-corrected chi connectivity index (χ4v) is 3.22. The molecule has 0 fully saturated rings. The van der Waals surface area contributed by atoms with Crippen LogP contribution in [0.1, 0.15) is 37.8 Å². The van der Waals surface area contributed by atoms with Gasteiger partial charge in [-0.05, 0) is 36.1 Å². The van der Waals surface area contributed by atoms with Crippen molar-refractivity contribution in [2.45, 2.75) is 26.7 Å². The van der Waals surface area contributed by atoms with E-state index in [9.17, 15) is 0 Å². The second-order valence-corrected chi connectivity index (χ2v) is 6.57. The van der Waals surface area contributed by atoms with Crippen molar-refractivity contribution >= 4 is 17.6 Å². The Bertz CT molecular complexity index is 868. The Labute approximate surface area is 145 Å². The number of hydrogen-bond donors (Lipinski definition) is 0. The zero-order valence-corrected chi connectivity index (χ0v) is 15.0. The molecule has 0 aliphatic heterocycles. The van der Waals surface area contributed by atoms with Crippen molar-refractivity contribution in [1.29, 1.82) is 0 Å². The first-order valence-electron chi connectivity index (χ1n) is 8.08. The van der Waals surface area contributed by atoms with Crippen LogP contribution in [0.3, 0.4) is 0 Å². The fourth-order valence-electron chi connectivity index (χ4n) is 2.34. The van der Waals surface area contributed by atoms with Crippen molar-refractivity contribution in [3.8, 4) is 11.5 Å². The van der Waals surface area contributed by atoms with Crippen LogP contribution in [0.2, 0.25) is 0 Å². The molecule has 0 aliphatic rings. The SMILES string of the molecule is CCN=c1scc(-c2ccco2)n1N=Cc1ccc(C(C)C)cc1. The Morgan fingerprint density at radius 1 is 1.21 bits per heavy atom. The van der Waals surface area contributed by atoms with Crippen LogP contribution in [0.4, 0.5) is 0 Å². The van der Waals surface area contributed by atoms with Crippen LogP contribution in [0.15, 0.2) is 62.6 Å². The van der Waals surface area contributed by atoms with Crippen LogP contribution in [-0.4, -0.2) is 17.4 Å². The molecule has 24 heavy (non-hydrogen) atoms. The van der Waals surface area contributed by atoms with Gasteiger partial charge in [0.15, 0.2) is 5.76 Å². The van der Waals surface area contributed by atoms with Gasteiger partial charge in [0, 0.05) is 11.9 Å². The zero-order valence-electron chi connectivity index (χ0n) is 14.1. The second-order valence-electron chi connectivity index (χ2n) is 5.73. The third kappa shape index (κ3) is 3.57. The molecule has 0 bridgehead atoms. The molecular weight excluding hydrogens is 318 g/mol. The van der Waals surface area contributed by atoms with E-state index in [1.807, 2.05) is 35.3 Å². The lowest BCUT2D eigenvalue weighted by Gasteiger charge is -2.04. The summed E-state index contributed by atoms with van der Waals surface area (Å²) in [5, 5.41) is 6.65. The molecule has 0 radical (unpaired) electrons. The van der Waals surface area contributed by atoms with Gasteiger partial charge >= 0.3 is 0 Å². The van der Waals surface area contributed by atoms with Crippen molar-refractivity contribution in [3.63, 3.8) is 0 Å². The summed E-state index contributed by atoms with van der Waals surface area (Å²) < 4.78 is 7.35. The molecule has 5 heteroatoms. The van der Waals surface area contributed by atoms with Gasteiger partial charge in [0.05, 0.1) is 12.5 Å². The zero-order chi connectivity index (χ0) is 16.9. The van der Waals surface area contributed by atoms with E-state index < -0.39 is 0 Å². The van der Waals surface area contributed by atoms with E-state index in [-0.39, 0.29) is 0 Å². The number of furan rings is 1. The Hall–Kier alpha value is -2.40. The summed E-state index contributed by atoms with van der Waals surface area (Å²) in [5.74, 6) is 1.32. The molecule has 0 spiro atoms. The van der Waals surface area contributed by atoms with Gasteiger partial charge in [0.1, 0.15) is 5.69 Å². The number of aromatic nitrogens is 1. The van der Waals surface area contributed by atoms with Gasteiger partial charge in [-0.2, -0.15) is 5.10 Å². The maximum atomic E-state index is 5.52. The van der Waals surface area contributed by atoms with Crippen molar-refractivity contribution in [2.75, 3.05) is 6.54 Å². The molecule has 4 nitrogen and oxygen atoms in total. The van der Waals surface area contributed by atoms with Gasteiger partial charge in [-0.1, -0.05) is 38.1 Å². The molecule has 3 rings (SSSR count). The van der Waals surface area contributed by atoms with Crippen molar-refractivity contribution in [2.24, 2.45) is 10.1 Å². The van der Waals surface area contributed by atoms with Crippen LogP contribution in [0, 0.1) is 0 Å². The molecule has 0 aliphatic carbocycles. The van der Waals surface area contributed by atoms with Gasteiger partial charge < -0.3 is 4.42 Å². The smallest absolute Gasteiger partial charge is 0.206 e. The highest BCUT2D eigenvalue weighted by Gasteiger charge is 2.09. The Morgan fingerprint density at radius 3 is 2.62 bits per heavy atom. The summed E-state index contributed by atoms with van der Waals surface area (Å²) in [5.41, 5.74) is 3.30. The lowest BCUT2D eigenvalue weighted by atomic mass is 10.0. The van der Waals surface area contributed by atoms with E-state index in [0.717, 1.165) is 28.4 Å². The van der Waals surface area contributed by atoms with E-state index in [1.165, 1.54) is 5.56 Å². The maximum Gasteiger partial charge on any atom is 0.206 e. The topological polar surface area (TPSA) is 42.8 Å². The molecule has 0 N–H and O–H groups in total. The summed E-state index contributed by atoms with van der Waals surface area (Å²) >= 11 is 1.56. The molecule has 3 aromatic rings. The monoisotopic (exact) mass is 339 g/mol. The molecule has 124 valence electrons. The fraction of sp³-hybridized carbons (Fsp3) is 0.263. The standard InChI is InChI=1S/C19H21N3OS/c1-4-20-19-22(17(13-24-19)18-6-5-11-23-18)21-12-15-7-9-16(10-8-15)14(2)3/h5-14H,4H2,1-3H3. The van der Waals surface area contributed by atoms with Gasteiger partial charge in [-0.3, -0.25) is 4.99 Å². The van der Waals surface area contributed by atoms with Crippen molar-refractivity contribution < 1.29 is 4.42 Å². The van der Waals surface area contributed by atoms with Crippen LogP contribution >= 0.6 is 11.3 Å². The summed E-state index contributed by atoms with van der Waals surface area (Å²) in [6.07, 6.45) is 3.53. The first-order chi connectivity index (χ1) is 11.7. The molecule has 0 saturated carbocycles. The van der Waals surface area contributed by atoms with Gasteiger partial charge in [0.25, 0.3) is 0 Å². The van der Waals surface area contributed by atoms with E-state index in [0.29, 0.717) is 5.92 Å². The lowest BCUT2D eigenvalue weighted by molar-refractivity contribution is 0.575. The van der Waals surface area contributed by atoms with Gasteiger partial charge in [0.2, 0.25) is 4.80 Å². The minimum Gasteiger partial charge on any atom is -0.463 e. The van der Waals surface area contributed by atoms with Crippen LogP contribution in [0.25, 0.3) is 11.5 Å². The van der Waals surface area contributed by atoms with Crippen molar-refractivity contribution in [3.05, 3.63) is 64.0 Å². The van der Waals surface area contributed by atoms with Crippen LogP contribution < -0.4 is 4.80 Å². The molecule has 0 amide bonds. The van der Waals surface area contributed by atoms with Gasteiger partial charge in [-0.25, -0.2) is 4.68 Å². The molecule has 0 atom stereocenters. The Morgan fingerprint density at radius 2 is 2.00 bits per heavy atom. The highest BCUT2D eigenvalue weighted by atomic mass is 32.1. The molecule has 0 saturated heterocycles. The third-order valence-electron chi connectivity index (χ3n) is 3.68. The Kier molecular flexibility index (Phi) is 5.11. The first kappa shape index (κ1) is 16.5. The molecule has 2 heterocycles. The first-order valence-corrected chi connectivity index (χ1v) is 8.96. The molecular formula is C19H21N3OS. The predicted octanol–water partition coefficient (Wildman–Crippen LogP) is 4.74. The molecule has 2 aromatic heterocycles. The number of thiazole rings is 1. The largest absolute Gasteiger partial charge is 0.463 e. The lowest BCUT2D eigenvalue weighted by Crippen LogP contribution is -2.12. The van der Waals surface area contributed by atoms with E-state index in [1.54, 1.807) is 17.6 Å². The van der Waals surface area contributed by atoms with Crippen molar-refractivity contribution in [1.82, 2.24) is 4.68 Å². The summed E-state index contributed by atoms with van der Waals surface area (Å²) in [4.78, 5) is 5.37. The number of hydrogen-bond acceptors (Lipinski definition) is 4. The highest BCUT2D eigenvalue weighted by molar-refractivity contribution is 7.07. The molecule has 1 aromatic carbocycles. The van der Waals surface area contributed by atoms with E-state index in [4.69, 9.17) is 4.42 Å². The summed E-state index contributed by atoms with van der Waals surface area (Å²) in [6.45, 7) is 7.12. The number of benzene rings is 1. The normalized spacial score (nSPS) is 12.6. The second kappa shape index (κ2) is 7.45. The minimum atomic E-state index is 0.530. The van der Waals surface area contributed by atoms with E-state index in [2.05, 4.69) is 48.2 Å². The minimum absolute atomic E-state index is 0.530. The Balaban J connectivity index is 1.96. The summed E-state index contributed by atoms with van der Waals surface area (Å²) in [7, 11) is 0. The third-order valence-corrected chi connectivity index (χ3v) is 4.53. The predicted molar refractivity (Wildman–Crippen MR) is 99.6 cm³/mol. The van der Waals surface area contributed by atoms with Gasteiger partial charge in [-0.15, -0.1) is 11.3 Å². The number of nitrogens with zero attached hydrogens (tertiary/aromatic N) is 3. The van der Waals surface area contributed by atoms with Crippen LogP contribution in [0.5, 0.6) is 0 Å². The average molecular weight is 339 g/mol. The number of rotatable bonds is 5.